The lowest BCUT2D eigenvalue weighted by atomic mass is 9.94. The molecule has 0 spiro atoms. The minimum Gasteiger partial charge on any atom is -0.382 e. The van der Waals surface area contributed by atoms with Gasteiger partial charge in [-0.3, -0.25) is 9.78 Å². The first kappa shape index (κ1) is 16.2. The van der Waals surface area contributed by atoms with E-state index in [1.54, 1.807) is 12.4 Å². The Morgan fingerprint density at radius 3 is 2.58 bits per heavy atom. The average Bonchev–Trinajstić information content (AvgIpc) is 2.64. The van der Waals surface area contributed by atoms with Crippen molar-refractivity contribution in [3.63, 3.8) is 0 Å². The molecular formula is C20H23N3O. The van der Waals surface area contributed by atoms with Crippen molar-refractivity contribution >= 4 is 17.3 Å². The molecule has 1 amide bonds. The molecule has 1 fully saturated rings. The van der Waals surface area contributed by atoms with Gasteiger partial charge in [-0.15, -0.1) is 0 Å². The number of hydrogen-bond acceptors (Lipinski definition) is 3. The van der Waals surface area contributed by atoms with Gasteiger partial charge in [0.2, 0.25) is 5.91 Å². The first-order chi connectivity index (χ1) is 11.8. The van der Waals surface area contributed by atoms with Crippen molar-refractivity contribution in [3.8, 4) is 11.1 Å². The van der Waals surface area contributed by atoms with Crippen molar-refractivity contribution in [2.45, 2.75) is 38.1 Å². The Bertz CT molecular complexity index is 706. The Hall–Kier alpha value is -2.62. The predicted octanol–water partition coefficient (Wildman–Crippen LogP) is 4.62. The molecule has 24 heavy (non-hydrogen) atoms. The van der Waals surface area contributed by atoms with Gasteiger partial charge >= 0.3 is 0 Å². The number of hydrogen-bond donors (Lipinski definition) is 2. The molecule has 0 aliphatic heterocycles. The fourth-order valence-electron chi connectivity index (χ4n) is 3.18. The van der Waals surface area contributed by atoms with E-state index in [-0.39, 0.29) is 5.91 Å². The van der Waals surface area contributed by atoms with Gasteiger partial charge in [0.15, 0.2) is 0 Å². The van der Waals surface area contributed by atoms with E-state index in [0.717, 1.165) is 22.5 Å². The highest BCUT2D eigenvalue weighted by atomic mass is 16.1. The summed E-state index contributed by atoms with van der Waals surface area (Å²) in [6.07, 6.45) is 11.2. The minimum atomic E-state index is -0.205. The summed E-state index contributed by atoms with van der Waals surface area (Å²) in [4.78, 5) is 15.7. The maximum Gasteiger partial charge on any atom is 0.247 e. The van der Waals surface area contributed by atoms with E-state index in [0.29, 0.717) is 6.04 Å². The zero-order chi connectivity index (χ0) is 16.8. The summed E-state index contributed by atoms with van der Waals surface area (Å²) in [6.45, 7) is 3.50. The highest BCUT2D eigenvalue weighted by Crippen LogP contribution is 2.33. The fourth-order valence-corrected chi connectivity index (χ4v) is 3.18. The topological polar surface area (TPSA) is 54.0 Å². The Labute approximate surface area is 143 Å². The van der Waals surface area contributed by atoms with Crippen molar-refractivity contribution in [3.05, 3.63) is 55.4 Å². The van der Waals surface area contributed by atoms with E-state index in [1.807, 2.05) is 30.3 Å². The quantitative estimate of drug-likeness (QED) is 0.790. The summed E-state index contributed by atoms with van der Waals surface area (Å²) in [5.41, 5.74) is 4.02. The number of nitrogens with one attached hydrogen (secondary N) is 2. The highest BCUT2D eigenvalue weighted by molar-refractivity contribution is 5.99. The SMILES string of the molecule is C=CC(=O)Nc1ccc(NC2CCCCC2)c(-c2ccncc2)c1. The van der Waals surface area contributed by atoms with Crippen LogP contribution in [0, 0.1) is 0 Å². The summed E-state index contributed by atoms with van der Waals surface area (Å²) in [5, 5.41) is 6.52. The number of rotatable bonds is 5. The molecule has 0 saturated heterocycles. The third-order valence-corrected chi connectivity index (χ3v) is 4.43. The number of aromatic nitrogens is 1. The zero-order valence-corrected chi connectivity index (χ0v) is 13.8. The maximum atomic E-state index is 11.6. The summed E-state index contributed by atoms with van der Waals surface area (Å²) in [6, 6.07) is 10.5. The number of anilines is 2. The minimum absolute atomic E-state index is 0.205. The number of amides is 1. The highest BCUT2D eigenvalue weighted by Gasteiger charge is 2.15. The number of carbonyl (C=O) groups is 1. The molecule has 1 aromatic heterocycles. The van der Waals surface area contributed by atoms with E-state index in [9.17, 15) is 4.79 Å². The largest absolute Gasteiger partial charge is 0.382 e. The molecular weight excluding hydrogens is 298 g/mol. The second kappa shape index (κ2) is 7.77. The van der Waals surface area contributed by atoms with Gasteiger partial charge in [-0.1, -0.05) is 25.8 Å². The Morgan fingerprint density at radius 2 is 1.88 bits per heavy atom. The lowest BCUT2D eigenvalue weighted by molar-refractivity contribution is -0.111. The molecule has 0 atom stereocenters. The molecule has 1 heterocycles. The lowest BCUT2D eigenvalue weighted by Gasteiger charge is -2.25. The van der Waals surface area contributed by atoms with E-state index in [2.05, 4.69) is 22.2 Å². The molecule has 0 bridgehead atoms. The Balaban J connectivity index is 1.91. The number of nitrogens with zero attached hydrogens (tertiary/aromatic N) is 1. The van der Waals surface area contributed by atoms with Gasteiger partial charge in [-0.05, 0) is 54.8 Å². The smallest absolute Gasteiger partial charge is 0.247 e. The van der Waals surface area contributed by atoms with Crippen LogP contribution in [-0.2, 0) is 4.79 Å². The molecule has 4 heteroatoms. The Kier molecular flexibility index (Phi) is 5.26. The van der Waals surface area contributed by atoms with Gasteiger partial charge in [-0.2, -0.15) is 0 Å². The van der Waals surface area contributed by atoms with Crippen molar-refractivity contribution < 1.29 is 4.79 Å². The predicted molar refractivity (Wildman–Crippen MR) is 99.0 cm³/mol. The van der Waals surface area contributed by atoms with Gasteiger partial charge in [0.25, 0.3) is 0 Å². The van der Waals surface area contributed by atoms with Crippen LogP contribution in [0.3, 0.4) is 0 Å². The summed E-state index contributed by atoms with van der Waals surface area (Å²) in [5.74, 6) is -0.205. The van der Waals surface area contributed by atoms with E-state index in [1.165, 1.54) is 38.2 Å². The molecule has 1 aliphatic rings. The van der Waals surface area contributed by atoms with Crippen LogP contribution in [-0.4, -0.2) is 16.9 Å². The van der Waals surface area contributed by atoms with Crippen LogP contribution < -0.4 is 10.6 Å². The second-order valence-corrected chi connectivity index (χ2v) is 6.17. The van der Waals surface area contributed by atoms with Crippen molar-refractivity contribution in [2.24, 2.45) is 0 Å². The number of carbonyl (C=O) groups excluding carboxylic acids is 1. The van der Waals surface area contributed by atoms with Crippen LogP contribution >= 0.6 is 0 Å². The normalized spacial score (nSPS) is 14.8. The Morgan fingerprint density at radius 1 is 1.12 bits per heavy atom. The monoisotopic (exact) mass is 321 g/mol. The second-order valence-electron chi connectivity index (χ2n) is 6.17. The van der Waals surface area contributed by atoms with Crippen molar-refractivity contribution in [1.29, 1.82) is 0 Å². The van der Waals surface area contributed by atoms with Gasteiger partial charge in [0.05, 0.1) is 0 Å². The standard InChI is InChI=1S/C20H23N3O/c1-2-20(24)23-17-8-9-19(22-16-6-4-3-5-7-16)18(14-17)15-10-12-21-13-11-15/h2,8-14,16,22H,1,3-7H2,(H,23,24). The van der Waals surface area contributed by atoms with Gasteiger partial charge in [0, 0.05) is 35.4 Å². The van der Waals surface area contributed by atoms with Crippen LogP contribution in [0.2, 0.25) is 0 Å². The first-order valence-corrected chi connectivity index (χ1v) is 8.50. The molecule has 3 rings (SSSR count). The molecule has 0 unspecified atom stereocenters. The van der Waals surface area contributed by atoms with Crippen LogP contribution in [0.5, 0.6) is 0 Å². The lowest BCUT2D eigenvalue weighted by Crippen LogP contribution is -2.22. The van der Waals surface area contributed by atoms with E-state index in [4.69, 9.17) is 0 Å². The molecule has 1 saturated carbocycles. The van der Waals surface area contributed by atoms with Crippen molar-refractivity contribution in [2.75, 3.05) is 10.6 Å². The summed E-state index contributed by atoms with van der Waals surface area (Å²) in [7, 11) is 0. The van der Waals surface area contributed by atoms with Crippen LogP contribution in [0.1, 0.15) is 32.1 Å². The first-order valence-electron chi connectivity index (χ1n) is 8.50. The fraction of sp³-hybridized carbons (Fsp3) is 0.300. The third-order valence-electron chi connectivity index (χ3n) is 4.43. The maximum absolute atomic E-state index is 11.6. The molecule has 2 aromatic rings. The van der Waals surface area contributed by atoms with Gasteiger partial charge < -0.3 is 10.6 Å². The molecule has 1 aromatic carbocycles. The third kappa shape index (κ3) is 4.02. The molecule has 0 radical (unpaired) electrons. The zero-order valence-electron chi connectivity index (χ0n) is 13.8. The number of benzene rings is 1. The van der Waals surface area contributed by atoms with E-state index < -0.39 is 0 Å². The summed E-state index contributed by atoms with van der Waals surface area (Å²) >= 11 is 0. The number of pyridine rings is 1. The van der Waals surface area contributed by atoms with Crippen molar-refractivity contribution in [1.82, 2.24) is 4.98 Å². The van der Waals surface area contributed by atoms with Gasteiger partial charge in [0.1, 0.15) is 0 Å². The van der Waals surface area contributed by atoms with Crippen LogP contribution in [0.15, 0.2) is 55.4 Å². The van der Waals surface area contributed by atoms with E-state index >= 15 is 0 Å². The molecule has 4 nitrogen and oxygen atoms in total. The molecule has 2 N–H and O–H groups in total. The average molecular weight is 321 g/mol. The van der Waals surface area contributed by atoms with Crippen LogP contribution in [0.4, 0.5) is 11.4 Å². The summed E-state index contributed by atoms with van der Waals surface area (Å²) < 4.78 is 0. The molecule has 124 valence electrons. The van der Waals surface area contributed by atoms with Crippen LogP contribution in [0.25, 0.3) is 11.1 Å². The van der Waals surface area contributed by atoms with Gasteiger partial charge in [-0.25, -0.2) is 0 Å². The molecule has 1 aliphatic carbocycles.